The van der Waals surface area contributed by atoms with Crippen LogP contribution in [-0.4, -0.2) is 39.8 Å². The Morgan fingerprint density at radius 3 is 2.40 bits per heavy atom. The summed E-state index contributed by atoms with van der Waals surface area (Å²) in [4.78, 5) is 4.78. The minimum atomic E-state index is -0.0958. The third kappa shape index (κ3) is 6.56. The monoisotopic (exact) mass is 461 g/mol. The molecular formula is C19H32IN3O2. The smallest absolute Gasteiger partial charge is 0.191 e. The average Bonchev–Trinajstić information content (AvgIpc) is 3.41. The molecule has 0 saturated heterocycles. The van der Waals surface area contributed by atoms with E-state index in [9.17, 15) is 0 Å². The molecule has 1 saturated carbocycles. The second-order valence-corrected chi connectivity index (χ2v) is 6.97. The van der Waals surface area contributed by atoms with Crippen LogP contribution in [0.5, 0.6) is 11.5 Å². The fourth-order valence-corrected chi connectivity index (χ4v) is 2.53. The molecule has 1 aromatic carbocycles. The van der Waals surface area contributed by atoms with Crippen molar-refractivity contribution in [3.8, 4) is 11.5 Å². The summed E-state index contributed by atoms with van der Waals surface area (Å²) in [5, 5.41) is 6.77. The number of hydrogen-bond donors (Lipinski definition) is 2. The maximum Gasteiger partial charge on any atom is 0.191 e. The molecule has 2 rings (SSSR count). The Balaban J connectivity index is 0.00000312. The van der Waals surface area contributed by atoms with Gasteiger partial charge in [-0.15, -0.1) is 24.0 Å². The predicted octanol–water partition coefficient (Wildman–Crippen LogP) is 3.56. The highest BCUT2D eigenvalue weighted by Crippen LogP contribution is 2.33. The van der Waals surface area contributed by atoms with Gasteiger partial charge in [-0.3, -0.25) is 4.99 Å². The Morgan fingerprint density at radius 1 is 1.16 bits per heavy atom. The largest absolute Gasteiger partial charge is 0.493 e. The maximum absolute atomic E-state index is 5.42. The molecule has 0 unspecified atom stereocenters. The van der Waals surface area contributed by atoms with Crippen LogP contribution in [0.25, 0.3) is 0 Å². The molecule has 0 aliphatic heterocycles. The van der Waals surface area contributed by atoms with Gasteiger partial charge in [-0.2, -0.15) is 0 Å². The molecule has 0 aromatic heterocycles. The number of guanidine groups is 1. The lowest BCUT2D eigenvalue weighted by Crippen LogP contribution is -2.39. The summed E-state index contributed by atoms with van der Waals surface area (Å²) < 4.78 is 10.7. The van der Waals surface area contributed by atoms with E-state index in [1.807, 2.05) is 12.1 Å². The molecule has 6 heteroatoms. The lowest BCUT2D eigenvalue weighted by molar-refractivity contribution is 0.353. The number of methoxy groups -OCH3 is 2. The molecule has 142 valence electrons. The second kappa shape index (κ2) is 10.1. The minimum absolute atomic E-state index is 0. The van der Waals surface area contributed by atoms with Crippen molar-refractivity contribution in [1.82, 2.24) is 10.6 Å². The van der Waals surface area contributed by atoms with Crippen LogP contribution in [0.15, 0.2) is 23.2 Å². The molecule has 1 aliphatic carbocycles. The third-order valence-corrected chi connectivity index (χ3v) is 4.40. The van der Waals surface area contributed by atoms with E-state index >= 15 is 0 Å². The molecule has 0 spiro atoms. The molecule has 0 atom stereocenters. The van der Waals surface area contributed by atoms with Crippen molar-refractivity contribution in [3.63, 3.8) is 0 Å². The summed E-state index contributed by atoms with van der Waals surface area (Å²) in [5.41, 5.74) is 1.09. The van der Waals surface area contributed by atoms with E-state index < -0.39 is 0 Å². The first kappa shape index (κ1) is 21.9. The standard InChI is InChI=1S/C19H31N3O2.HI/c1-6-20-18(21-12-14-7-8-14)22-13-19(2,3)15-9-10-16(23-4)17(11-15)24-5;/h9-11,14H,6-8,12-13H2,1-5H3,(H2,20,21,22);1H. The van der Waals surface area contributed by atoms with Crippen LogP contribution in [0.1, 0.15) is 39.2 Å². The molecule has 1 aliphatic rings. The number of rotatable bonds is 8. The molecule has 1 aromatic rings. The van der Waals surface area contributed by atoms with Crippen molar-refractivity contribution in [2.75, 3.05) is 33.9 Å². The molecule has 25 heavy (non-hydrogen) atoms. The topological polar surface area (TPSA) is 54.9 Å². The summed E-state index contributed by atoms with van der Waals surface area (Å²) in [6.45, 7) is 9.07. The summed E-state index contributed by atoms with van der Waals surface area (Å²) in [6.07, 6.45) is 2.67. The van der Waals surface area contributed by atoms with E-state index in [-0.39, 0.29) is 29.4 Å². The Bertz CT molecular complexity index is 572. The SMILES string of the molecule is CCNC(=NCC(C)(C)c1ccc(OC)c(OC)c1)NCC1CC1.I. The summed E-state index contributed by atoms with van der Waals surface area (Å²) in [6, 6.07) is 6.08. The number of benzene rings is 1. The van der Waals surface area contributed by atoms with Gasteiger partial charge in [0.1, 0.15) is 0 Å². The predicted molar refractivity (Wildman–Crippen MR) is 115 cm³/mol. The van der Waals surface area contributed by atoms with Crippen LogP contribution in [-0.2, 0) is 5.41 Å². The number of nitrogens with one attached hydrogen (secondary N) is 2. The number of aliphatic imine (C=N–C) groups is 1. The van der Waals surface area contributed by atoms with Gasteiger partial charge in [-0.25, -0.2) is 0 Å². The van der Waals surface area contributed by atoms with Crippen LogP contribution in [0, 0.1) is 5.92 Å². The van der Waals surface area contributed by atoms with Crippen LogP contribution >= 0.6 is 24.0 Å². The number of hydrogen-bond acceptors (Lipinski definition) is 3. The Kier molecular flexibility index (Phi) is 8.82. The number of nitrogens with zero attached hydrogens (tertiary/aromatic N) is 1. The Hall–Kier alpha value is -1.18. The molecule has 0 radical (unpaired) electrons. The summed E-state index contributed by atoms with van der Waals surface area (Å²) in [7, 11) is 3.32. The molecule has 2 N–H and O–H groups in total. The number of ether oxygens (including phenoxy) is 2. The van der Waals surface area contributed by atoms with Gasteiger partial charge in [0.2, 0.25) is 0 Å². The van der Waals surface area contributed by atoms with Gasteiger partial charge in [0.15, 0.2) is 17.5 Å². The van der Waals surface area contributed by atoms with Crippen LogP contribution < -0.4 is 20.1 Å². The van der Waals surface area contributed by atoms with Crippen LogP contribution in [0.3, 0.4) is 0 Å². The van der Waals surface area contributed by atoms with Crippen molar-refractivity contribution in [3.05, 3.63) is 23.8 Å². The number of halogens is 1. The fourth-order valence-electron chi connectivity index (χ4n) is 2.53. The van der Waals surface area contributed by atoms with Crippen LogP contribution in [0.4, 0.5) is 0 Å². The zero-order valence-electron chi connectivity index (χ0n) is 16.0. The van der Waals surface area contributed by atoms with Crippen molar-refractivity contribution in [1.29, 1.82) is 0 Å². The summed E-state index contributed by atoms with van der Waals surface area (Å²) in [5.74, 6) is 3.23. The van der Waals surface area contributed by atoms with E-state index in [2.05, 4.69) is 37.5 Å². The molecular weight excluding hydrogens is 429 g/mol. The van der Waals surface area contributed by atoms with E-state index in [1.54, 1.807) is 14.2 Å². The van der Waals surface area contributed by atoms with Crippen molar-refractivity contribution in [2.24, 2.45) is 10.9 Å². The normalized spacial score (nSPS) is 14.5. The van der Waals surface area contributed by atoms with Crippen molar-refractivity contribution >= 4 is 29.9 Å². The van der Waals surface area contributed by atoms with Gasteiger partial charge < -0.3 is 20.1 Å². The van der Waals surface area contributed by atoms with Gasteiger partial charge in [0.25, 0.3) is 0 Å². The third-order valence-electron chi connectivity index (χ3n) is 4.40. The molecule has 1 fully saturated rings. The second-order valence-electron chi connectivity index (χ2n) is 6.97. The first-order chi connectivity index (χ1) is 11.5. The highest BCUT2D eigenvalue weighted by Gasteiger charge is 2.23. The van der Waals surface area contributed by atoms with Gasteiger partial charge in [0.05, 0.1) is 20.8 Å². The molecule has 0 amide bonds. The van der Waals surface area contributed by atoms with Gasteiger partial charge in [-0.1, -0.05) is 19.9 Å². The van der Waals surface area contributed by atoms with E-state index in [0.717, 1.165) is 36.5 Å². The zero-order chi connectivity index (χ0) is 17.6. The maximum atomic E-state index is 5.42. The van der Waals surface area contributed by atoms with E-state index in [4.69, 9.17) is 14.5 Å². The van der Waals surface area contributed by atoms with E-state index in [1.165, 1.54) is 18.4 Å². The molecule has 0 bridgehead atoms. The van der Waals surface area contributed by atoms with Gasteiger partial charge >= 0.3 is 0 Å². The van der Waals surface area contributed by atoms with Gasteiger partial charge in [-0.05, 0) is 43.4 Å². The first-order valence-electron chi connectivity index (χ1n) is 8.75. The van der Waals surface area contributed by atoms with Crippen LogP contribution in [0.2, 0.25) is 0 Å². The fraction of sp³-hybridized carbons (Fsp3) is 0.632. The lowest BCUT2D eigenvalue weighted by Gasteiger charge is -2.25. The molecule has 5 nitrogen and oxygen atoms in total. The van der Waals surface area contributed by atoms with Crippen molar-refractivity contribution < 1.29 is 9.47 Å². The first-order valence-corrected chi connectivity index (χ1v) is 8.75. The Labute approximate surface area is 169 Å². The quantitative estimate of drug-likeness (QED) is 0.353. The summed E-state index contributed by atoms with van der Waals surface area (Å²) >= 11 is 0. The van der Waals surface area contributed by atoms with E-state index in [0.29, 0.717) is 6.54 Å². The lowest BCUT2D eigenvalue weighted by atomic mass is 9.84. The van der Waals surface area contributed by atoms with Gasteiger partial charge in [0, 0.05) is 18.5 Å². The highest BCUT2D eigenvalue weighted by molar-refractivity contribution is 14.0. The van der Waals surface area contributed by atoms with Crippen molar-refractivity contribution in [2.45, 2.75) is 39.0 Å². The Morgan fingerprint density at radius 2 is 1.84 bits per heavy atom. The molecule has 0 heterocycles. The minimum Gasteiger partial charge on any atom is -0.493 e. The zero-order valence-corrected chi connectivity index (χ0v) is 18.3. The average molecular weight is 461 g/mol. The highest BCUT2D eigenvalue weighted by atomic mass is 127.